The fourth-order valence-corrected chi connectivity index (χ4v) is 2.48. The van der Waals surface area contributed by atoms with Gasteiger partial charge in [0.25, 0.3) is 0 Å². The van der Waals surface area contributed by atoms with E-state index in [0.29, 0.717) is 6.04 Å². The number of piperazine rings is 1. The molecule has 2 heterocycles. The molecule has 1 aromatic rings. The molecule has 0 unspecified atom stereocenters. The Balaban J connectivity index is 1.88. The van der Waals surface area contributed by atoms with Crippen LogP contribution in [-0.4, -0.2) is 51.8 Å². The van der Waals surface area contributed by atoms with Crippen LogP contribution < -0.4 is 0 Å². The van der Waals surface area contributed by atoms with Crippen molar-refractivity contribution in [1.29, 1.82) is 0 Å². The van der Waals surface area contributed by atoms with Gasteiger partial charge in [-0.25, -0.2) is 0 Å². The third-order valence-electron chi connectivity index (χ3n) is 3.65. The molecular formula is C13H24N4. The summed E-state index contributed by atoms with van der Waals surface area (Å²) < 4.78 is 1.91. The Labute approximate surface area is 104 Å². The van der Waals surface area contributed by atoms with Gasteiger partial charge < -0.3 is 0 Å². The monoisotopic (exact) mass is 236 g/mol. The molecule has 1 aliphatic rings. The Morgan fingerprint density at radius 2 is 1.88 bits per heavy atom. The standard InChI is InChI=1S/C13H24N4/c1-11(2)17-7-5-16(6-8-17)10-13-9-15(4)14-12(13)3/h9,11H,5-8,10H2,1-4H3. The Hall–Kier alpha value is -0.870. The third-order valence-corrected chi connectivity index (χ3v) is 3.65. The average molecular weight is 236 g/mol. The molecule has 0 spiro atoms. The van der Waals surface area contributed by atoms with E-state index in [1.807, 2.05) is 11.7 Å². The highest BCUT2D eigenvalue weighted by Crippen LogP contribution is 2.12. The molecule has 17 heavy (non-hydrogen) atoms. The van der Waals surface area contributed by atoms with Crippen LogP contribution in [0.15, 0.2) is 6.20 Å². The molecule has 4 heteroatoms. The Morgan fingerprint density at radius 3 is 2.35 bits per heavy atom. The van der Waals surface area contributed by atoms with Crippen molar-refractivity contribution in [3.05, 3.63) is 17.5 Å². The first kappa shape index (κ1) is 12.6. The molecule has 1 saturated heterocycles. The number of rotatable bonds is 3. The number of nitrogens with zero attached hydrogens (tertiary/aromatic N) is 4. The lowest BCUT2D eigenvalue weighted by Gasteiger charge is -2.36. The molecule has 0 bridgehead atoms. The number of aryl methyl sites for hydroxylation is 2. The molecule has 0 aromatic carbocycles. The summed E-state index contributed by atoms with van der Waals surface area (Å²) in [5.74, 6) is 0. The molecule has 1 aliphatic heterocycles. The summed E-state index contributed by atoms with van der Waals surface area (Å²) in [5.41, 5.74) is 2.53. The van der Waals surface area contributed by atoms with Gasteiger partial charge in [0, 0.05) is 57.6 Å². The van der Waals surface area contributed by atoms with Gasteiger partial charge in [0.2, 0.25) is 0 Å². The third kappa shape index (κ3) is 3.07. The molecule has 4 nitrogen and oxygen atoms in total. The van der Waals surface area contributed by atoms with Crippen molar-refractivity contribution in [2.75, 3.05) is 26.2 Å². The van der Waals surface area contributed by atoms with Gasteiger partial charge in [0.1, 0.15) is 0 Å². The number of hydrogen-bond donors (Lipinski definition) is 0. The fourth-order valence-electron chi connectivity index (χ4n) is 2.48. The Kier molecular flexibility index (Phi) is 3.84. The first-order valence-corrected chi connectivity index (χ1v) is 6.52. The molecule has 0 atom stereocenters. The molecule has 0 radical (unpaired) electrons. The van der Waals surface area contributed by atoms with Crippen LogP contribution in [0.4, 0.5) is 0 Å². The van der Waals surface area contributed by atoms with Crippen molar-refractivity contribution in [2.45, 2.75) is 33.4 Å². The summed E-state index contributed by atoms with van der Waals surface area (Å²) in [6.45, 7) is 12.4. The second-order valence-electron chi connectivity index (χ2n) is 5.32. The molecule has 96 valence electrons. The summed E-state index contributed by atoms with van der Waals surface area (Å²) in [6, 6.07) is 0.678. The smallest absolute Gasteiger partial charge is 0.0638 e. The van der Waals surface area contributed by atoms with E-state index in [1.54, 1.807) is 0 Å². The highest BCUT2D eigenvalue weighted by atomic mass is 15.3. The van der Waals surface area contributed by atoms with E-state index in [4.69, 9.17) is 0 Å². The molecule has 1 fully saturated rings. The minimum atomic E-state index is 0.678. The summed E-state index contributed by atoms with van der Waals surface area (Å²) in [6.07, 6.45) is 2.14. The summed E-state index contributed by atoms with van der Waals surface area (Å²) >= 11 is 0. The van der Waals surface area contributed by atoms with Gasteiger partial charge >= 0.3 is 0 Å². The van der Waals surface area contributed by atoms with Gasteiger partial charge in [-0.05, 0) is 20.8 Å². The van der Waals surface area contributed by atoms with Crippen LogP contribution in [0.25, 0.3) is 0 Å². The van der Waals surface area contributed by atoms with Crippen LogP contribution in [0, 0.1) is 6.92 Å². The van der Waals surface area contributed by atoms with Gasteiger partial charge in [0.05, 0.1) is 5.69 Å². The molecule has 0 saturated carbocycles. The second-order valence-corrected chi connectivity index (χ2v) is 5.32. The van der Waals surface area contributed by atoms with E-state index in [2.05, 4.69) is 41.9 Å². The van der Waals surface area contributed by atoms with Gasteiger partial charge in [-0.2, -0.15) is 5.10 Å². The van der Waals surface area contributed by atoms with Crippen LogP contribution in [0.5, 0.6) is 0 Å². The topological polar surface area (TPSA) is 24.3 Å². The lowest BCUT2D eigenvalue weighted by molar-refractivity contribution is 0.104. The van der Waals surface area contributed by atoms with E-state index in [-0.39, 0.29) is 0 Å². The van der Waals surface area contributed by atoms with Crippen LogP contribution in [0.2, 0.25) is 0 Å². The van der Waals surface area contributed by atoms with Crippen LogP contribution in [-0.2, 0) is 13.6 Å². The zero-order valence-corrected chi connectivity index (χ0v) is 11.5. The summed E-state index contributed by atoms with van der Waals surface area (Å²) in [7, 11) is 1.99. The van der Waals surface area contributed by atoms with Gasteiger partial charge in [-0.15, -0.1) is 0 Å². The van der Waals surface area contributed by atoms with Crippen molar-refractivity contribution in [3.63, 3.8) is 0 Å². The zero-order valence-electron chi connectivity index (χ0n) is 11.5. The summed E-state index contributed by atoms with van der Waals surface area (Å²) in [4.78, 5) is 5.08. The van der Waals surface area contributed by atoms with Gasteiger partial charge in [-0.3, -0.25) is 14.5 Å². The van der Waals surface area contributed by atoms with E-state index >= 15 is 0 Å². The fraction of sp³-hybridized carbons (Fsp3) is 0.769. The minimum absolute atomic E-state index is 0.678. The lowest BCUT2D eigenvalue weighted by Crippen LogP contribution is -2.48. The molecule has 0 aliphatic carbocycles. The highest BCUT2D eigenvalue weighted by molar-refractivity contribution is 5.15. The average Bonchev–Trinajstić information content (AvgIpc) is 2.58. The van der Waals surface area contributed by atoms with Crippen molar-refractivity contribution in [3.8, 4) is 0 Å². The van der Waals surface area contributed by atoms with Gasteiger partial charge in [0.15, 0.2) is 0 Å². The Morgan fingerprint density at radius 1 is 1.24 bits per heavy atom. The molecular weight excluding hydrogens is 212 g/mol. The van der Waals surface area contributed by atoms with Crippen molar-refractivity contribution < 1.29 is 0 Å². The molecule has 0 N–H and O–H groups in total. The maximum absolute atomic E-state index is 4.40. The van der Waals surface area contributed by atoms with Crippen molar-refractivity contribution in [2.24, 2.45) is 7.05 Å². The zero-order chi connectivity index (χ0) is 12.4. The molecule has 2 rings (SSSR count). The van der Waals surface area contributed by atoms with Crippen LogP contribution in [0.1, 0.15) is 25.1 Å². The summed E-state index contributed by atoms with van der Waals surface area (Å²) in [5, 5.41) is 4.40. The highest BCUT2D eigenvalue weighted by Gasteiger charge is 2.19. The normalized spacial score (nSPS) is 19.1. The van der Waals surface area contributed by atoms with Crippen LogP contribution in [0.3, 0.4) is 0 Å². The molecule has 0 amide bonds. The lowest BCUT2D eigenvalue weighted by atomic mass is 10.2. The van der Waals surface area contributed by atoms with E-state index in [0.717, 1.165) is 6.54 Å². The SMILES string of the molecule is Cc1nn(C)cc1CN1CCN(C(C)C)CC1. The van der Waals surface area contributed by atoms with Crippen molar-refractivity contribution >= 4 is 0 Å². The number of aromatic nitrogens is 2. The maximum atomic E-state index is 4.40. The predicted octanol–water partition coefficient (Wildman–Crippen LogP) is 1.25. The maximum Gasteiger partial charge on any atom is 0.0638 e. The van der Waals surface area contributed by atoms with E-state index in [1.165, 1.54) is 37.4 Å². The molecule has 1 aromatic heterocycles. The second kappa shape index (κ2) is 5.19. The minimum Gasteiger partial charge on any atom is -0.298 e. The quantitative estimate of drug-likeness (QED) is 0.789. The first-order chi connectivity index (χ1) is 8.06. The van der Waals surface area contributed by atoms with Crippen molar-refractivity contribution in [1.82, 2.24) is 19.6 Å². The number of hydrogen-bond acceptors (Lipinski definition) is 3. The van der Waals surface area contributed by atoms with Crippen LogP contribution >= 0.6 is 0 Å². The van der Waals surface area contributed by atoms with Gasteiger partial charge in [-0.1, -0.05) is 0 Å². The first-order valence-electron chi connectivity index (χ1n) is 6.52. The predicted molar refractivity (Wildman–Crippen MR) is 69.9 cm³/mol. The Bertz CT molecular complexity index is 361. The largest absolute Gasteiger partial charge is 0.298 e. The van der Waals surface area contributed by atoms with E-state index < -0.39 is 0 Å². The van der Waals surface area contributed by atoms with E-state index in [9.17, 15) is 0 Å².